The number of nitro benzene ring substituents is 1. The third kappa shape index (κ3) is 4.46. The number of dihydropyridines is 1. The number of nitrogens with one attached hydrogen (secondary N) is 2. The van der Waals surface area contributed by atoms with Crippen LogP contribution in [0.5, 0.6) is 0 Å². The first kappa shape index (κ1) is 23.6. The predicted molar refractivity (Wildman–Crippen MR) is 129 cm³/mol. The van der Waals surface area contributed by atoms with Gasteiger partial charge in [0.25, 0.3) is 11.6 Å². The number of nitrogens with zero attached hydrogens (tertiary/aromatic N) is 2. The Morgan fingerprint density at radius 2 is 1.97 bits per heavy atom. The molecular formula is C25H25ClN4O4. The van der Waals surface area contributed by atoms with E-state index in [4.69, 9.17) is 11.6 Å². The molecule has 0 radical (unpaired) electrons. The van der Waals surface area contributed by atoms with E-state index in [1.54, 1.807) is 25.3 Å². The number of anilines is 1. The van der Waals surface area contributed by atoms with Gasteiger partial charge in [-0.25, -0.2) is 4.98 Å². The highest BCUT2D eigenvalue weighted by molar-refractivity contribution is 6.32. The Bertz CT molecular complexity index is 1300. The molecule has 0 saturated carbocycles. The van der Waals surface area contributed by atoms with Gasteiger partial charge in [-0.2, -0.15) is 0 Å². The number of ketones is 1. The Morgan fingerprint density at radius 3 is 2.65 bits per heavy atom. The second-order valence-electron chi connectivity index (χ2n) is 9.57. The van der Waals surface area contributed by atoms with Gasteiger partial charge in [0.2, 0.25) is 0 Å². The van der Waals surface area contributed by atoms with Crippen LogP contribution in [0.4, 0.5) is 11.5 Å². The number of benzene rings is 1. The first-order chi connectivity index (χ1) is 16.0. The normalized spacial score (nSPS) is 19.4. The molecule has 176 valence electrons. The Labute approximate surface area is 202 Å². The standard InChI is InChI=1S/C25H25ClN4O4/c1-13-7-8-27-20(9-13)29-24(32)21-14(2)28-17-11-25(3,4)12-19(31)23(17)22(21)15-5-6-16(26)18(10-15)30(33)34/h5-10,22,28H,11-12H2,1-4H3,(H,27,29,32)/t22-/m1/s1. The van der Waals surface area contributed by atoms with Crippen molar-refractivity contribution in [2.75, 3.05) is 5.32 Å². The van der Waals surface area contributed by atoms with Gasteiger partial charge in [0.1, 0.15) is 10.8 Å². The van der Waals surface area contributed by atoms with Gasteiger partial charge in [-0.05, 0) is 55.0 Å². The zero-order valence-corrected chi connectivity index (χ0v) is 20.1. The summed E-state index contributed by atoms with van der Waals surface area (Å²) >= 11 is 6.05. The van der Waals surface area contributed by atoms with E-state index in [9.17, 15) is 19.7 Å². The maximum absolute atomic E-state index is 13.5. The first-order valence-corrected chi connectivity index (χ1v) is 11.3. The summed E-state index contributed by atoms with van der Waals surface area (Å²) in [7, 11) is 0. The van der Waals surface area contributed by atoms with E-state index in [0.29, 0.717) is 41.1 Å². The van der Waals surface area contributed by atoms with E-state index in [0.717, 1.165) is 11.3 Å². The molecule has 1 aliphatic heterocycles. The lowest BCUT2D eigenvalue weighted by Gasteiger charge is -2.39. The minimum absolute atomic E-state index is 0.0105. The van der Waals surface area contributed by atoms with Crippen molar-refractivity contribution in [1.29, 1.82) is 0 Å². The molecule has 1 aliphatic carbocycles. The fourth-order valence-corrected chi connectivity index (χ4v) is 4.89. The summed E-state index contributed by atoms with van der Waals surface area (Å²) in [5, 5.41) is 17.7. The number of aromatic nitrogens is 1. The van der Waals surface area contributed by atoms with Crippen LogP contribution in [0.3, 0.4) is 0 Å². The van der Waals surface area contributed by atoms with Gasteiger partial charge in [-0.1, -0.05) is 31.5 Å². The third-order valence-corrected chi connectivity index (χ3v) is 6.46. The van der Waals surface area contributed by atoms with Crippen LogP contribution in [0.1, 0.15) is 50.7 Å². The lowest BCUT2D eigenvalue weighted by atomic mass is 9.68. The molecule has 1 amide bonds. The molecule has 34 heavy (non-hydrogen) atoms. The number of aryl methyl sites for hydroxylation is 1. The SMILES string of the molecule is CC1=C(C(=O)Nc2cc(C)ccn2)[C@@H](c2ccc(Cl)c([N+](=O)[O-])c2)C2=C(CC(C)(C)CC2=O)N1. The van der Waals surface area contributed by atoms with Gasteiger partial charge in [-0.3, -0.25) is 19.7 Å². The maximum Gasteiger partial charge on any atom is 0.288 e. The van der Waals surface area contributed by atoms with Crippen molar-refractivity contribution in [2.24, 2.45) is 5.41 Å². The van der Waals surface area contributed by atoms with Gasteiger partial charge in [0.15, 0.2) is 5.78 Å². The van der Waals surface area contributed by atoms with Crippen molar-refractivity contribution < 1.29 is 14.5 Å². The molecule has 2 aromatic rings. The number of rotatable bonds is 4. The molecule has 1 atom stereocenters. The van der Waals surface area contributed by atoms with Crippen molar-refractivity contribution in [3.8, 4) is 0 Å². The highest BCUT2D eigenvalue weighted by atomic mass is 35.5. The lowest BCUT2D eigenvalue weighted by Crippen LogP contribution is -2.39. The van der Waals surface area contributed by atoms with Crippen LogP contribution in [-0.4, -0.2) is 21.6 Å². The van der Waals surface area contributed by atoms with Crippen molar-refractivity contribution in [3.05, 3.63) is 85.3 Å². The number of nitro groups is 1. The summed E-state index contributed by atoms with van der Waals surface area (Å²) in [4.78, 5) is 42.1. The predicted octanol–water partition coefficient (Wildman–Crippen LogP) is 5.19. The monoisotopic (exact) mass is 480 g/mol. The van der Waals surface area contributed by atoms with E-state index in [2.05, 4.69) is 15.6 Å². The molecule has 8 nitrogen and oxygen atoms in total. The number of amides is 1. The van der Waals surface area contributed by atoms with E-state index >= 15 is 0 Å². The van der Waals surface area contributed by atoms with Gasteiger partial charge in [0, 0.05) is 47.1 Å². The molecule has 1 aromatic carbocycles. The zero-order valence-electron chi connectivity index (χ0n) is 19.4. The molecule has 2 aliphatic rings. The highest BCUT2D eigenvalue weighted by Gasteiger charge is 2.43. The summed E-state index contributed by atoms with van der Waals surface area (Å²) in [5.74, 6) is -0.926. The Morgan fingerprint density at radius 1 is 1.24 bits per heavy atom. The van der Waals surface area contributed by atoms with Gasteiger partial charge >= 0.3 is 0 Å². The Kier molecular flexibility index (Phi) is 6.03. The molecular weight excluding hydrogens is 456 g/mol. The molecule has 2 N–H and O–H groups in total. The van der Waals surface area contributed by atoms with E-state index in [1.165, 1.54) is 12.1 Å². The molecule has 4 rings (SSSR count). The van der Waals surface area contributed by atoms with Crippen LogP contribution in [-0.2, 0) is 9.59 Å². The van der Waals surface area contributed by atoms with Crippen molar-refractivity contribution >= 4 is 34.8 Å². The minimum Gasteiger partial charge on any atom is -0.362 e. The molecule has 2 heterocycles. The molecule has 0 bridgehead atoms. The number of halogens is 1. The number of carbonyl (C=O) groups excluding carboxylic acids is 2. The Balaban J connectivity index is 1.86. The van der Waals surface area contributed by atoms with Gasteiger partial charge in [-0.15, -0.1) is 0 Å². The quantitative estimate of drug-likeness (QED) is 0.459. The summed E-state index contributed by atoms with van der Waals surface area (Å²) in [6.45, 7) is 7.69. The second-order valence-corrected chi connectivity index (χ2v) is 9.98. The van der Waals surface area contributed by atoms with E-state index < -0.39 is 16.7 Å². The summed E-state index contributed by atoms with van der Waals surface area (Å²) < 4.78 is 0. The fraction of sp³-hybridized carbons (Fsp3) is 0.320. The first-order valence-electron chi connectivity index (χ1n) is 10.9. The zero-order chi connectivity index (χ0) is 24.8. The van der Waals surface area contributed by atoms with Crippen molar-refractivity contribution in [3.63, 3.8) is 0 Å². The third-order valence-electron chi connectivity index (χ3n) is 6.14. The van der Waals surface area contributed by atoms with Gasteiger partial charge < -0.3 is 10.6 Å². The summed E-state index contributed by atoms with van der Waals surface area (Å²) in [5.41, 5.74) is 2.96. The molecule has 0 saturated heterocycles. The highest BCUT2D eigenvalue weighted by Crippen LogP contribution is 2.47. The minimum atomic E-state index is -0.777. The average Bonchev–Trinajstić information content (AvgIpc) is 2.71. The van der Waals surface area contributed by atoms with Crippen LogP contribution in [0.25, 0.3) is 0 Å². The number of pyridine rings is 1. The van der Waals surface area contributed by atoms with E-state index in [1.807, 2.05) is 26.8 Å². The van der Waals surface area contributed by atoms with Crippen LogP contribution in [0.15, 0.2) is 59.1 Å². The van der Waals surface area contributed by atoms with Crippen molar-refractivity contribution in [1.82, 2.24) is 10.3 Å². The number of carbonyl (C=O) groups is 2. The molecule has 0 spiro atoms. The number of allylic oxidation sites excluding steroid dienone is 3. The fourth-order valence-electron chi connectivity index (χ4n) is 4.71. The number of hydrogen-bond acceptors (Lipinski definition) is 6. The Hall–Kier alpha value is -3.52. The van der Waals surface area contributed by atoms with Crippen LogP contribution in [0, 0.1) is 22.5 Å². The average molecular weight is 481 g/mol. The van der Waals surface area contributed by atoms with Crippen LogP contribution >= 0.6 is 11.6 Å². The largest absolute Gasteiger partial charge is 0.362 e. The lowest BCUT2D eigenvalue weighted by molar-refractivity contribution is -0.384. The second kappa shape index (κ2) is 8.68. The molecule has 9 heteroatoms. The van der Waals surface area contributed by atoms with Gasteiger partial charge in [0.05, 0.1) is 4.92 Å². The number of hydrogen-bond donors (Lipinski definition) is 2. The molecule has 0 unspecified atom stereocenters. The smallest absolute Gasteiger partial charge is 0.288 e. The van der Waals surface area contributed by atoms with Crippen LogP contribution in [0.2, 0.25) is 5.02 Å². The maximum atomic E-state index is 13.5. The van der Waals surface area contributed by atoms with Crippen molar-refractivity contribution in [2.45, 2.75) is 46.5 Å². The van der Waals surface area contributed by atoms with Crippen LogP contribution < -0.4 is 10.6 Å². The van der Waals surface area contributed by atoms with E-state index in [-0.39, 0.29) is 21.9 Å². The molecule has 1 aromatic heterocycles. The number of Topliss-reactive ketones (excluding diaryl/α,β-unsaturated/α-hetero) is 1. The summed E-state index contributed by atoms with van der Waals surface area (Å²) in [6, 6.07) is 7.97. The molecule has 0 fully saturated rings. The summed E-state index contributed by atoms with van der Waals surface area (Å²) in [6.07, 6.45) is 2.53. The topological polar surface area (TPSA) is 114 Å².